The van der Waals surface area contributed by atoms with Gasteiger partial charge in [-0.25, -0.2) is 0 Å². The van der Waals surface area contributed by atoms with E-state index in [1.54, 1.807) is 6.07 Å². The summed E-state index contributed by atoms with van der Waals surface area (Å²) < 4.78 is 10.1. The monoisotopic (exact) mass is 280 g/mol. The van der Waals surface area contributed by atoms with Gasteiger partial charge in [0, 0.05) is 12.0 Å². The van der Waals surface area contributed by atoms with E-state index < -0.39 is 0 Å². The van der Waals surface area contributed by atoms with Gasteiger partial charge in [-0.3, -0.25) is 10.1 Å². The largest absolute Gasteiger partial charge is 0.481 e. The smallest absolute Gasteiger partial charge is 0.236 e. The molecule has 0 bridgehead atoms. The van der Waals surface area contributed by atoms with Crippen LogP contribution in [0.3, 0.4) is 0 Å². The molecule has 1 fully saturated rings. The minimum absolute atomic E-state index is 0.0213. The molecule has 2 atom stereocenters. The zero-order valence-electron chi connectivity index (χ0n) is 12.0. The molecule has 2 unspecified atom stereocenters. The second kappa shape index (κ2) is 6.51. The molecule has 2 N–H and O–H groups in total. The predicted molar refractivity (Wildman–Crippen MR) is 74.0 cm³/mol. The normalized spacial score (nSPS) is 22.1. The van der Waals surface area contributed by atoms with Gasteiger partial charge in [0.25, 0.3) is 0 Å². The van der Waals surface area contributed by atoms with E-state index in [1.165, 1.54) is 14.2 Å². The molecule has 110 valence electrons. The fraction of sp³-hybridized carbons (Fsp3) is 0.615. The van der Waals surface area contributed by atoms with Crippen molar-refractivity contribution in [2.75, 3.05) is 26.1 Å². The number of hydrogen-bond acceptors (Lipinski definition) is 6. The molecule has 2 heterocycles. The van der Waals surface area contributed by atoms with Gasteiger partial charge in [-0.2, -0.15) is 9.97 Å². The van der Waals surface area contributed by atoms with Gasteiger partial charge in [-0.15, -0.1) is 0 Å². The number of methoxy groups -OCH3 is 2. The Labute approximate surface area is 118 Å². The van der Waals surface area contributed by atoms with Crippen LogP contribution in [0.2, 0.25) is 0 Å². The molecule has 1 aliphatic heterocycles. The summed E-state index contributed by atoms with van der Waals surface area (Å²) in [7, 11) is 3.00. The first kappa shape index (κ1) is 14.5. The third-order valence-electron chi connectivity index (χ3n) is 3.33. The van der Waals surface area contributed by atoms with E-state index in [1.807, 2.05) is 0 Å². The SMILES string of the molecule is COc1cc(OC)nc(NC(=O)C2CCNC(C)C2)n1. The zero-order chi connectivity index (χ0) is 14.5. The third-order valence-corrected chi connectivity index (χ3v) is 3.33. The molecule has 0 aromatic carbocycles. The first-order valence-corrected chi connectivity index (χ1v) is 6.63. The molecule has 1 aliphatic rings. The van der Waals surface area contributed by atoms with Gasteiger partial charge in [0.2, 0.25) is 23.6 Å². The van der Waals surface area contributed by atoms with Crippen molar-refractivity contribution in [2.45, 2.75) is 25.8 Å². The van der Waals surface area contributed by atoms with E-state index >= 15 is 0 Å². The lowest BCUT2D eigenvalue weighted by Gasteiger charge is -2.26. The number of nitrogens with zero attached hydrogens (tertiary/aromatic N) is 2. The molecule has 2 rings (SSSR count). The molecule has 1 aromatic rings. The third kappa shape index (κ3) is 3.57. The van der Waals surface area contributed by atoms with Gasteiger partial charge in [-0.1, -0.05) is 0 Å². The van der Waals surface area contributed by atoms with Crippen LogP contribution < -0.4 is 20.1 Å². The molecule has 20 heavy (non-hydrogen) atoms. The average molecular weight is 280 g/mol. The predicted octanol–water partition coefficient (Wildman–Crippen LogP) is 0.820. The molecule has 1 aromatic heterocycles. The summed E-state index contributed by atoms with van der Waals surface area (Å²) in [4.78, 5) is 20.4. The summed E-state index contributed by atoms with van der Waals surface area (Å²) >= 11 is 0. The van der Waals surface area contributed by atoms with E-state index in [0.717, 1.165) is 19.4 Å². The van der Waals surface area contributed by atoms with Crippen molar-refractivity contribution in [1.29, 1.82) is 0 Å². The molecule has 0 spiro atoms. The Bertz CT molecular complexity index is 458. The van der Waals surface area contributed by atoms with Crippen molar-refractivity contribution in [3.05, 3.63) is 6.07 Å². The average Bonchev–Trinajstić information content (AvgIpc) is 2.46. The number of nitrogens with one attached hydrogen (secondary N) is 2. The number of ether oxygens (including phenoxy) is 2. The van der Waals surface area contributed by atoms with Crippen molar-refractivity contribution in [2.24, 2.45) is 5.92 Å². The van der Waals surface area contributed by atoms with Gasteiger partial charge < -0.3 is 14.8 Å². The Hall–Kier alpha value is -1.89. The van der Waals surface area contributed by atoms with Crippen molar-refractivity contribution >= 4 is 11.9 Å². The quantitative estimate of drug-likeness (QED) is 0.849. The highest BCUT2D eigenvalue weighted by molar-refractivity contribution is 5.91. The summed E-state index contributed by atoms with van der Waals surface area (Å²) in [5, 5.41) is 6.05. The Morgan fingerprint density at radius 2 is 2.00 bits per heavy atom. The molecule has 1 saturated heterocycles. The lowest BCUT2D eigenvalue weighted by molar-refractivity contribution is -0.120. The number of aromatic nitrogens is 2. The summed E-state index contributed by atoms with van der Waals surface area (Å²) in [5.74, 6) is 0.828. The second-order valence-electron chi connectivity index (χ2n) is 4.84. The molecule has 7 nitrogen and oxygen atoms in total. The first-order valence-electron chi connectivity index (χ1n) is 6.63. The maximum atomic E-state index is 12.2. The lowest BCUT2D eigenvalue weighted by atomic mass is 9.92. The summed E-state index contributed by atoms with van der Waals surface area (Å²) in [5.41, 5.74) is 0. The van der Waals surface area contributed by atoms with Crippen molar-refractivity contribution in [3.8, 4) is 11.8 Å². The highest BCUT2D eigenvalue weighted by atomic mass is 16.5. The summed E-state index contributed by atoms with van der Waals surface area (Å²) in [6.45, 7) is 2.92. The maximum absolute atomic E-state index is 12.2. The number of carbonyl (C=O) groups is 1. The van der Waals surface area contributed by atoms with Gasteiger partial charge in [0.05, 0.1) is 20.3 Å². The van der Waals surface area contributed by atoms with Crippen LogP contribution in [-0.2, 0) is 4.79 Å². The fourth-order valence-corrected chi connectivity index (χ4v) is 2.25. The van der Waals surface area contributed by atoms with Crippen LogP contribution in [0.5, 0.6) is 11.8 Å². The molecular formula is C13H20N4O3. The number of hydrogen-bond donors (Lipinski definition) is 2. The van der Waals surface area contributed by atoms with Crippen molar-refractivity contribution in [3.63, 3.8) is 0 Å². The van der Waals surface area contributed by atoms with Crippen LogP contribution >= 0.6 is 0 Å². The topological polar surface area (TPSA) is 85.4 Å². The van der Waals surface area contributed by atoms with Gasteiger partial charge in [0.15, 0.2) is 0 Å². The van der Waals surface area contributed by atoms with Crippen LogP contribution in [0.15, 0.2) is 6.07 Å². The van der Waals surface area contributed by atoms with Crippen molar-refractivity contribution in [1.82, 2.24) is 15.3 Å². The first-order chi connectivity index (χ1) is 9.62. The van der Waals surface area contributed by atoms with Crippen LogP contribution in [0.1, 0.15) is 19.8 Å². The van der Waals surface area contributed by atoms with Crippen LogP contribution in [0, 0.1) is 5.92 Å². The van der Waals surface area contributed by atoms with Crippen molar-refractivity contribution < 1.29 is 14.3 Å². The molecular weight excluding hydrogens is 260 g/mol. The Kier molecular flexibility index (Phi) is 4.73. The molecule has 0 saturated carbocycles. The molecule has 7 heteroatoms. The minimum atomic E-state index is -0.0614. The van der Waals surface area contributed by atoms with Gasteiger partial charge in [-0.05, 0) is 26.3 Å². The van der Waals surface area contributed by atoms with Crippen LogP contribution in [0.25, 0.3) is 0 Å². The summed E-state index contributed by atoms with van der Waals surface area (Å²) in [6.07, 6.45) is 1.63. The molecule has 1 amide bonds. The highest BCUT2D eigenvalue weighted by Crippen LogP contribution is 2.20. The van der Waals surface area contributed by atoms with E-state index in [0.29, 0.717) is 17.8 Å². The number of rotatable bonds is 4. The summed E-state index contributed by atoms with van der Waals surface area (Å²) in [6, 6.07) is 1.91. The second-order valence-corrected chi connectivity index (χ2v) is 4.84. The Morgan fingerprint density at radius 1 is 1.35 bits per heavy atom. The van der Waals surface area contributed by atoms with E-state index in [4.69, 9.17) is 9.47 Å². The van der Waals surface area contributed by atoms with Gasteiger partial charge in [0.1, 0.15) is 0 Å². The number of anilines is 1. The minimum Gasteiger partial charge on any atom is -0.481 e. The maximum Gasteiger partial charge on any atom is 0.236 e. The fourth-order valence-electron chi connectivity index (χ4n) is 2.25. The number of piperidine rings is 1. The van der Waals surface area contributed by atoms with E-state index in [9.17, 15) is 4.79 Å². The van der Waals surface area contributed by atoms with Crippen LogP contribution in [0.4, 0.5) is 5.95 Å². The van der Waals surface area contributed by atoms with E-state index in [2.05, 4.69) is 27.5 Å². The number of amides is 1. The van der Waals surface area contributed by atoms with E-state index in [-0.39, 0.29) is 17.8 Å². The zero-order valence-corrected chi connectivity index (χ0v) is 12.0. The standard InChI is InChI=1S/C13H20N4O3/c1-8-6-9(4-5-14-8)12(18)17-13-15-10(19-2)7-11(16-13)20-3/h7-9,14H,4-6H2,1-3H3,(H,15,16,17,18). The van der Waals surface area contributed by atoms with Crippen LogP contribution in [-0.4, -0.2) is 42.7 Å². The molecule has 0 aliphatic carbocycles. The van der Waals surface area contributed by atoms with Gasteiger partial charge >= 0.3 is 0 Å². The highest BCUT2D eigenvalue weighted by Gasteiger charge is 2.25. The Balaban J connectivity index is 2.06. The number of carbonyl (C=O) groups excluding carboxylic acids is 1. The Morgan fingerprint density at radius 3 is 2.55 bits per heavy atom. The molecule has 0 radical (unpaired) electrons. The lowest BCUT2D eigenvalue weighted by Crippen LogP contribution is -2.40.